The molecule has 0 saturated carbocycles. The number of carbonyl (C=O) groups is 1. The predicted molar refractivity (Wildman–Crippen MR) is 98.1 cm³/mol. The molecule has 2 amide bonds. The minimum absolute atomic E-state index is 0.218. The summed E-state index contributed by atoms with van der Waals surface area (Å²) in [4.78, 5) is 14.2. The van der Waals surface area contributed by atoms with Crippen molar-refractivity contribution in [1.82, 2.24) is 10.2 Å². The Kier molecular flexibility index (Phi) is 5.37. The largest absolute Gasteiger partial charge is 0.492 e. The van der Waals surface area contributed by atoms with Gasteiger partial charge in [-0.05, 0) is 36.4 Å². The number of ether oxygens (including phenoxy) is 3. The Hall–Kier alpha value is -3.55. The normalized spacial score (nSPS) is 12.0. The molecule has 8 nitrogen and oxygen atoms in total. The maximum absolute atomic E-state index is 12.6. The van der Waals surface area contributed by atoms with Gasteiger partial charge in [-0.3, -0.25) is 0 Å². The minimum Gasteiger partial charge on any atom is -0.492 e. The maximum atomic E-state index is 12.6. The number of benzene rings is 1. The lowest BCUT2D eigenvalue weighted by atomic mass is 10.3. The van der Waals surface area contributed by atoms with Gasteiger partial charge in [0.1, 0.15) is 23.9 Å². The minimum atomic E-state index is -0.234. The summed E-state index contributed by atoms with van der Waals surface area (Å²) in [6, 6.07) is 12.4. The van der Waals surface area contributed by atoms with Crippen LogP contribution in [-0.2, 0) is 13.1 Å². The molecule has 0 unspecified atom stereocenters. The van der Waals surface area contributed by atoms with Crippen molar-refractivity contribution >= 4 is 6.03 Å². The summed E-state index contributed by atoms with van der Waals surface area (Å²) in [6.45, 7) is 1.56. The van der Waals surface area contributed by atoms with Crippen LogP contribution in [0.15, 0.2) is 63.8 Å². The van der Waals surface area contributed by atoms with Gasteiger partial charge in [0.2, 0.25) is 6.79 Å². The van der Waals surface area contributed by atoms with Crippen molar-refractivity contribution in [3.05, 3.63) is 66.5 Å². The molecule has 0 bridgehead atoms. The van der Waals surface area contributed by atoms with E-state index in [1.807, 2.05) is 12.1 Å². The van der Waals surface area contributed by atoms with Crippen LogP contribution >= 0.6 is 0 Å². The zero-order valence-electron chi connectivity index (χ0n) is 15.1. The predicted octanol–water partition coefficient (Wildman–Crippen LogP) is 3.39. The van der Waals surface area contributed by atoms with E-state index in [2.05, 4.69) is 5.32 Å². The zero-order valence-corrected chi connectivity index (χ0v) is 15.1. The van der Waals surface area contributed by atoms with Crippen LogP contribution in [0.25, 0.3) is 0 Å². The molecule has 0 spiro atoms. The Morgan fingerprint density at radius 1 is 1.00 bits per heavy atom. The summed E-state index contributed by atoms with van der Waals surface area (Å²) in [6.07, 6.45) is 3.16. The average molecular weight is 384 g/mol. The van der Waals surface area contributed by atoms with Gasteiger partial charge in [0.15, 0.2) is 11.5 Å². The number of nitrogens with zero attached hydrogens (tertiary/aromatic N) is 1. The van der Waals surface area contributed by atoms with Crippen LogP contribution in [0.3, 0.4) is 0 Å². The third-order valence-electron chi connectivity index (χ3n) is 4.13. The Morgan fingerprint density at radius 2 is 1.71 bits per heavy atom. The number of fused-ring (bicyclic) bond motifs is 1. The molecule has 4 rings (SSSR count). The van der Waals surface area contributed by atoms with E-state index in [-0.39, 0.29) is 12.8 Å². The first-order valence-corrected chi connectivity index (χ1v) is 8.88. The highest BCUT2D eigenvalue weighted by Crippen LogP contribution is 2.34. The summed E-state index contributed by atoms with van der Waals surface area (Å²) < 4.78 is 27.0. The first-order valence-electron chi connectivity index (χ1n) is 8.88. The van der Waals surface area contributed by atoms with Gasteiger partial charge in [-0.25, -0.2) is 4.79 Å². The second kappa shape index (κ2) is 8.43. The molecule has 0 radical (unpaired) electrons. The van der Waals surface area contributed by atoms with Crippen LogP contribution in [0.1, 0.15) is 11.5 Å². The second-order valence-corrected chi connectivity index (χ2v) is 6.11. The fraction of sp³-hybridized carbons (Fsp3) is 0.250. The summed E-state index contributed by atoms with van der Waals surface area (Å²) in [7, 11) is 0. The molecule has 1 aliphatic rings. The van der Waals surface area contributed by atoms with Crippen molar-refractivity contribution in [2.45, 2.75) is 13.1 Å². The van der Waals surface area contributed by atoms with Crippen molar-refractivity contribution in [2.75, 3.05) is 19.9 Å². The topological polar surface area (TPSA) is 86.3 Å². The van der Waals surface area contributed by atoms with E-state index < -0.39 is 0 Å². The third-order valence-corrected chi connectivity index (χ3v) is 4.13. The highest BCUT2D eigenvalue weighted by atomic mass is 16.7. The van der Waals surface area contributed by atoms with Crippen molar-refractivity contribution in [1.29, 1.82) is 0 Å². The molecule has 3 heterocycles. The van der Waals surface area contributed by atoms with Gasteiger partial charge in [-0.2, -0.15) is 0 Å². The van der Waals surface area contributed by atoms with Gasteiger partial charge in [-0.1, -0.05) is 0 Å². The number of urea groups is 1. The lowest BCUT2D eigenvalue weighted by Gasteiger charge is -2.21. The van der Waals surface area contributed by atoms with Crippen LogP contribution in [0.2, 0.25) is 0 Å². The van der Waals surface area contributed by atoms with Crippen molar-refractivity contribution < 1.29 is 27.8 Å². The number of hydrogen-bond acceptors (Lipinski definition) is 6. The van der Waals surface area contributed by atoms with Crippen LogP contribution in [0.5, 0.6) is 17.2 Å². The van der Waals surface area contributed by atoms with Gasteiger partial charge in [0.25, 0.3) is 0 Å². The van der Waals surface area contributed by atoms with E-state index in [9.17, 15) is 4.79 Å². The molecular weight excluding hydrogens is 364 g/mol. The molecule has 3 aromatic rings. The monoisotopic (exact) mass is 384 g/mol. The van der Waals surface area contributed by atoms with Crippen LogP contribution < -0.4 is 19.5 Å². The molecular formula is C20H20N2O6. The lowest BCUT2D eigenvalue weighted by Crippen LogP contribution is -2.40. The Morgan fingerprint density at radius 3 is 2.39 bits per heavy atom. The van der Waals surface area contributed by atoms with Crippen LogP contribution in [-0.4, -0.2) is 30.9 Å². The Balaban J connectivity index is 1.28. The van der Waals surface area contributed by atoms with Gasteiger partial charge in [-0.15, -0.1) is 0 Å². The molecule has 0 saturated heterocycles. The number of nitrogens with one attached hydrogen (secondary N) is 1. The van der Waals surface area contributed by atoms with Gasteiger partial charge in [0.05, 0.1) is 32.2 Å². The second-order valence-electron chi connectivity index (χ2n) is 6.11. The van der Waals surface area contributed by atoms with Gasteiger partial charge >= 0.3 is 6.03 Å². The van der Waals surface area contributed by atoms with Crippen molar-refractivity contribution in [2.24, 2.45) is 0 Å². The van der Waals surface area contributed by atoms with Gasteiger partial charge < -0.3 is 33.3 Å². The third kappa shape index (κ3) is 4.40. The van der Waals surface area contributed by atoms with E-state index in [4.69, 9.17) is 23.0 Å². The van der Waals surface area contributed by atoms with Crippen molar-refractivity contribution in [3.63, 3.8) is 0 Å². The van der Waals surface area contributed by atoms with E-state index in [1.54, 1.807) is 47.8 Å². The molecule has 146 valence electrons. The highest BCUT2D eigenvalue weighted by Gasteiger charge is 2.17. The summed E-state index contributed by atoms with van der Waals surface area (Å²) in [5.74, 6) is 3.40. The van der Waals surface area contributed by atoms with E-state index in [0.717, 1.165) is 0 Å². The summed E-state index contributed by atoms with van der Waals surface area (Å²) >= 11 is 0. The molecule has 1 aromatic carbocycles. The quantitative estimate of drug-likeness (QED) is 0.599. The molecule has 28 heavy (non-hydrogen) atoms. The highest BCUT2D eigenvalue weighted by molar-refractivity contribution is 5.74. The molecule has 0 fully saturated rings. The lowest BCUT2D eigenvalue weighted by molar-refractivity contribution is 0.173. The van der Waals surface area contributed by atoms with Crippen LogP contribution in [0.4, 0.5) is 4.79 Å². The molecule has 8 heteroatoms. The number of amides is 2. The number of carbonyl (C=O) groups excluding carboxylic acids is 1. The number of hydrogen-bond donors (Lipinski definition) is 1. The van der Waals surface area contributed by atoms with E-state index >= 15 is 0 Å². The smallest absolute Gasteiger partial charge is 0.318 e. The van der Waals surface area contributed by atoms with E-state index in [1.165, 1.54) is 0 Å². The average Bonchev–Trinajstić information content (AvgIpc) is 3.46. The van der Waals surface area contributed by atoms with E-state index in [0.29, 0.717) is 55.0 Å². The molecule has 0 atom stereocenters. The fourth-order valence-electron chi connectivity index (χ4n) is 2.79. The fourth-order valence-corrected chi connectivity index (χ4v) is 2.79. The molecule has 0 aliphatic carbocycles. The summed E-state index contributed by atoms with van der Waals surface area (Å²) in [5.41, 5.74) is 0. The number of rotatable bonds is 8. The molecule has 1 aliphatic heterocycles. The van der Waals surface area contributed by atoms with Gasteiger partial charge in [0, 0.05) is 6.07 Å². The maximum Gasteiger partial charge on any atom is 0.318 e. The Labute approximate surface area is 161 Å². The molecule has 1 N–H and O–H groups in total. The number of furan rings is 2. The summed E-state index contributed by atoms with van der Waals surface area (Å²) in [5, 5.41) is 2.85. The van der Waals surface area contributed by atoms with Crippen LogP contribution in [0, 0.1) is 0 Å². The zero-order chi connectivity index (χ0) is 19.2. The van der Waals surface area contributed by atoms with Crippen molar-refractivity contribution in [3.8, 4) is 17.2 Å². The first-order chi connectivity index (χ1) is 13.8. The molecule has 2 aromatic heterocycles. The SMILES string of the molecule is O=C(NCCOc1ccc2c(c1)OCO2)N(Cc1ccco1)Cc1ccco1. The Bertz CT molecular complexity index is 855. The first kappa shape index (κ1) is 17.8. The standard InChI is InChI=1S/C20H20N2O6/c23-20(21-7-10-26-15-5-6-18-19(11-15)28-14-27-18)22(12-16-3-1-8-24-16)13-17-4-2-9-25-17/h1-6,8-9,11H,7,10,12-14H2,(H,21,23).